The van der Waals surface area contributed by atoms with Crippen LogP contribution in [0.3, 0.4) is 0 Å². The van der Waals surface area contributed by atoms with E-state index in [1.807, 2.05) is 56.3 Å². The van der Waals surface area contributed by atoms with E-state index in [1.165, 1.54) is 4.31 Å². The number of sulfonamides is 1. The first-order valence-electron chi connectivity index (χ1n) is 10.8. The van der Waals surface area contributed by atoms with Gasteiger partial charge in [0.25, 0.3) is 0 Å². The zero-order valence-electron chi connectivity index (χ0n) is 19.1. The SMILES string of the molecule is COc1ccc([C@H](C)NC(=O)C2CCN(S(=O)(=O)Cc3cccc(C)c3)CC2)cc1OC. The van der Waals surface area contributed by atoms with E-state index in [9.17, 15) is 13.2 Å². The molecule has 0 aliphatic carbocycles. The lowest BCUT2D eigenvalue weighted by molar-refractivity contribution is -0.126. The molecule has 0 radical (unpaired) electrons. The van der Waals surface area contributed by atoms with Crippen LogP contribution in [0.15, 0.2) is 42.5 Å². The third-order valence-corrected chi connectivity index (χ3v) is 7.77. The van der Waals surface area contributed by atoms with E-state index in [2.05, 4.69) is 5.32 Å². The maximum absolute atomic E-state index is 12.8. The number of hydrogen-bond donors (Lipinski definition) is 1. The van der Waals surface area contributed by atoms with Gasteiger partial charge in [-0.2, -0.15) is 0 Å². The quantitative estimate of drug-likeness (QED) is 0.652. The van der Waals surface area contributed by atoms with Crippen molar-refractivity contribution in [2.75, 3.05) is 27.3 Å². The van der Waals surface area contributed by atoms with Gasteiger partial charge in [-0.1, -0.05) is 35.9 Å². The molecule has 32 heavy (non-hydrogen) atoms. The van der Waals surface area contributed by atoms with E-state index in [4.69, 9.17) is 9.47 Å². The van der Waals surface area contributed by atoms with Crippen molar-refractivity contribution in [3.05, 3.63) is 59.2 Å². The van der Waals surface area contributed by atoms with Gasteiger partial charge in [0.1, 0.15) is 0 Å². The van der Waals surface area contributed by atoms with E-state index in [0.29, 0.717) is 37.4 Å². The van der Waals surface area contributed by atoms with Crippen LogP contribution >= 0.6 is 0 Å². The molecule has 1 amide bonds. The van der Waals surface area contributed by atoms with Crippen LogP contribution in [0.1, 0.15) is 42.5 Å². The minimum absolute atomic E-state index is 0.0120. The Morgan fingerprint density at radius 1 is 1.09 bits per heavy atom. The maximum Gasteiger partial charge on any atom is 0.223 e. The molecule has 0 unspecified atom stereocenters. The number of piperidine rings is 1. The van der Waals surface area contributed by atoms with Gasteiger partial charge in [-0.25, -0.2) is 12.7 Å². The maximum atomic E-state index is 12.8. The fourth-order valence-corrected chi connectivity index (χ4v) is 5.59. The van der Waals surface area contributed by atoms with E-state index < -0.39 is 10.0 Å². The summed E-state index contributed by atoms with van der Waals surface area (Å²) in [5.74, 6) is 0.972. The molecular formula is C24H32N2O5S. The lowest BCUT2D eigenvalue weighted by Crippen LogP contribution is -2.43. The Bertz CT molecular complexity index is 1050. The molecule has 2 aromatic rings. The van der Waals surface area contributed by atoms with Crippen molar-refractivity contribution in [3.63, 3.8) is 0 Å². The van der Waals surface area contributed by atoms with Crippen molar-refractivity contribution in [2.45, 2.75) is 38.5 Å². The van der Waals surface area contributed by atoms with E-state index in [1.54, 1.807) is 14.2 Å². The van der Waals surface area contributed by atoms with Crippen molar-refractivity contribution in [1.29, 1.82) is 0 Å². The normalized spacial score (nSPS) is 16.4. The Morgan fingerprint density at radius 2 is 1.78 bits per heavy atom. The summed E-state index contributed by atoms with van der Waals surface area (Å²) in [4.78, 5) is 12.8. The second-order valence-corrected chi connectivity index (χ2v) is 10.2. The average Bonchev–Trinajstić information content (AvgIpc) is 2.78. The van der Waals surface area contributed by atoms with Crippen LogP contribution in [-0.4, -0.2) is 45.9 Å². The number of aryl methyl sites for hydroxylation is 1. The van der Waals surface area contributed by atoms with Crippen LogP contribution in [0.4, 0.5) is 0 Å². The predicted molar refractivity (Wildman–Crippen MR) is 124 cm³/mol. The van der Waals surface area contributed by atoms with Crippen LogP contribution in [0.5, 0.6) is 11.5 Å². The summed E-state index contributed by atoms with van der Waals surface area (Å²) in [6.07, 6.45) is 1.02. The lowest BCUT2D eigenvalue weighted by Gasteiger charge is -2.31. The zero-order chi connectivity index (χ0) is 23.3. The van der Waals surface area contributed by atoms with Gasteiger partial charge in [0.15, 0.2) is 11.5 Å². The molecule has 1 heterocycles. The third kappa shape index (κ3) is 5.81. The molecule has 0 aromatic heterocycles. The Labute approximate surface area is 190 Å². The van der Waals surface area contributed by atoms with Crippen molar-refractivity contribution in [1.82, 2.24) is 9.62 Å². The topological polar surface area (TPSA) is 84.9 Å². The Morgan fingerprint density at radius 3 is 2.41 bits per heavy atom. The van der Waals surface area contributed by atoms with Gasteiger partial charge in [0, 0.05) is 19.0 Å². The van der Waals surface area contributed by atoms with Crippen LogP contribution < -0.4 is 14.8 Å². The molecule has 174 valence electrons. The minimum atomic E-state index is -3.41. The van der Waals surface area contributed by atoms with Crippen molar-refractivity contribution < 1.29 is 22.7 Å². The number of methoxy groups -OCH3 is 2. The van der Waals surface area contributed by atoms with Crippen molar-refractivity contribution in [2.24, 2.45) is 5.92 Å². The van der Waals surface area contributed by atoms with Gasteiger partial charge in [0.2, 0.25) is 15.9 Å². The zero-order valence-corrected chi connectivity index (χ0v) is 19.9. The smallest absolute Gasteiger partial charge is 0.223 e. The highest BCUT2D eigenvalue weighted by atomic mass is 32.2. The fourth-order valence-electron chi connectivity index (χ4n) is 4.04. The Kier molecular flexibility index (Phi) is 7.79. The second-order valence-electron chi connectivity index (χ2n) is 8.26. The summed E-state index contributed by atoms with van der Waals surface area (Å²) in [5.41, 5.74) is 2.74. The summed E-state index contributed by atoms with van der Waals surface area (Å²) in [6.45, 7) is 4.58. The number of hydrogen-bond acceptors (Lipinski definition) is 5. The van der Waals surface area contributed by atoms with Crippen LogP contribution in [0.25, 0.3) is 0 Å². The molecule has 8 heteroatoms. The molecule has 1 aliphatic rings. The summed E-state index contributed by atoms with van der Waals surface area (Å²) < 4.78 is 37.8. The number of nitrogens with one attached hydrogen (secondary N) is 1. The van der Waals surface area contributed by atoms with E-state index in [-0.39, 0.29) is 23.6 Å². The van der Waals surface area contributed by atoms with Crippen LogP contribution in [0.2, 0.25) is 0 Å². The van der Waals surface area contributed by atoms with Gasteiger partial charge < -0.3 is 14.8 Å². The number of amides is 1. The standard InChI is InChI=1S/C24H32N2O5S/c1-17-6-5-7-19(14-17)16-32(28,29)26-12-10-20(11-13-26)24(27)25-18(2)21-8-9-22(30-3)23(15-21)31-4/h5-9,14-15,18,20H,10-13,16H2,1-4H3,(H,25,27)/t18-/m0/s1. The Balaban J connectivity index is 1.56. The minimum Gasteiger partial charge on any atom is -0.493 e. The molecule has 1 aliphatic heterocycles. The monoisotopic (exact) mass is 460 g/mol. The highest BCUT2D eigenvalue weighted by molar-refractivity contribution is 7.88. The largest absolute Gasteiger partial charge is 0.493 e. The molecule has 0 saturated carbocycles. The van der Waals surface area contributed by atoms with E-state index in [0.717, 1.165) is 16.7 Å². The number of benzene rings is 2. The molecule has 0 bridgehead atoms. The summed E-state index contributed by atoms with van der Waals surface area (Å²) in [5, 5.41) is 3.05. The van der Waals surface area contributed by atoms with Gasteiger partial charge >= 0.3 is 0 Å². The molecule has 2 aromatic carbocycles. The fraction of sp³-hybridized carbons (Fsp3) is 0.458. The molecule has 1 fully saturated rings. The molecule has 3 rings (SSSR count). The lowest BCUT2D eigenvalue weighted by atomic mass is 9.96. The number of ether oxygens (including phenoxy) is 2. The van der Waals surface area contributed by atoms with Crippen LogP contribution in [-0.2, 0) is 20.6 Å². The molecule has 1 N–H and O–H groups in total. The first-order valence-corrected chi connectivity index (χ1v) is 12.4. The molecule has 1 atom stereocenters. The number of rotatable bonds is 8. The first kappa shape index (κ1) is 24.1. The summed E-state index contributed by atoms with van der Waals surface area (Å²) in [6, 6.07) is 12.9. The number of carbonyl (C=O) groups excluding carboxylic acids is 1. The summed E-state index contributed by atoms with van der Waals surface area (Å²) >= 11 is 0. The van der Waals surface area contributed by atoms with Crippen LogP contribution in [0, 0.1) is 12.8 Å². The summed E-state index contributed by atoms with van der Waals surface area (Å²) in [7, 11) is -0.252. The van der Waals surface area contributed by atoms with Crippen molar-refractivity contribution >= 4 is 15.9 Å². The van der Waals surface area contributed by atoms with Crippen molar-refractivity contribution in [3.8, 4) is 11.5 Å². The predicted octanol–water partition coefficient (Wildman–Crippen LogP) is 3.43. The molecular weight excluding hydrogens is 428 g/mol. The molecule has 1 saturated heterocycles. The third-order valence-electron chi connectivity index (χ3n) is 5.92. The highest BCUT2D eigenvalue weighted by Gasteiger charge is 2.31. The first-order chi connectivity index (χ1) is 15.2. The van der Waals surface area contributed by atoms with Gasteiger partial charge in [0.05, 0.1) is 26.0 Å². The number of nitrogens with zero attached hydrogens (tertiary/aromatic N) is 1. The number of carbonyl (C=O) groups is 1. The molecule has 0 spiro atoms. The highest BCUT2D eigenvalue weighted by Crippen LogP contribution is 2.30. The second kappa shape index (κ2) is 10.4. The van der Waals surface area contributed by atoms with E-state index >= 15 is 0 Å². The average molecular weight is 461 g/mol. The van der Waals surface area contributed by atoms with Gasteiger partial charge in [-0.15, -0.1) is 0 Å². The van der Waals surface area contributed by atoms with Gasteiger partial charge in [-0.05, 0) is 49.9 Å². The Hall–Kier alpha value is -2.58. The molecule has 7 nitrogen and oxygen atoms in total. The van der Waals surface area contributed by atoms with Gasteiger partial charge in [-0.3, -0.25) is 4.79 Å².